The molecular formula is C15H33N5. The van der Waals surface area contributed by atoms with Gasteiger partial charge in [-0.05, 0) is 52.4 Å². The van der Waals surface area contributed by atoms with Crippen molar-refractivity contribution in [2.45, 2.75) is 39.2 Å². The first-order valence-electron chi connectivity index (χ1n) is 7.91. The lowest BCUT2D eigenvalue weighted by molar-refractivity contribution is 0.147. The molecule has 1 aliphatic heterocycles. The van der Waals surface area contributed by atoms with Gasteiger partial charge >= 0.3 is 0 Å². The summed E-state index contributed by atoms with van der Waals surface area (Å²) in [6.45, 7) is 9.56. The van der Waals surface area contributed by atoms with Gasteiger partial charge in [-0.1, -0.05) is 13.8 Å². The lowest BCUT2D eigenvalue weighted by Gasteiger charge is -2.35. The normalized spacial score (nSPS) is 19.0. The molecule has 1 aliphatic rings. The van der Waals surface area contributed by atoms with Crippen LogP contribution in [-0.4, -0.2) is 68.6 Å². The maximum absolute atomic E-state index is 5.85. The molecule has 0 amide bonds. The summed E-state index contributed by atoms with van der Waals surface area (Å²) in [6.07, 6.45) is 3.64. The maximum atomic E-state index is 5.85. The van der Waals surface area contributed by atoms with E-state index in [1.165, 1.54) is 25.9 Å². The van der Waals surface area contributed by atoms with Crippen molar-refractivity contribution in [3.63, 3.8) is 0 Å². The molecule has 5 heteroatoms. The molecule has 0 bridgehead atoms. The minimum atomic E-state index is 0.592. The first kappa shape index (κ1) is 17.2. The molecule has 0 unspecified atom stereocenters. The smallest absolute Gasteiger partial charge is 0.188 e. The van der Waals surface area contributed by atoms with Crippen LogP contribution in [0.2, 0.25) is 0 Å². The van der Waals surface area contributed by atoms with Crippen molar-refractivity contribution in [3.8, 4) is 0 Å². The number of guanidine groups is 1. The first-order chi connectivity index (χ1) is 9.49. The number of nitrogens with zero attached hydrogens (tertiary/aromatic N) is 3. The van der Waals surface area contributed by atoms with Crippen LogP contribution in [0.3, 0.4) is 0 Å². The van der Waals surface area contributed by atoms with Crippen molar-refractivity contribution in [3.05, 3.63) is 0 Å². The van der Waals surface area contributed by atoms with E-state index >= 15 is 0 Å². The van der Waals surface area contributed by atoms with Crippen molar-refractivity contribution in [1.29, 1.82) is 0 Å². The zero-order valence-corrected chi connectivity index (χ0v) is 13.7. The van der Waals surface area contributed by atoms with E-state index in [9.17, 15) is 0 Å². The molecule has 0 aromatic carbocycles. The number of nitrogens with two attached hydrogens (primary N) is 1. The minimum Gasteiger partial charge on any atom is -0.370 e. The Bertz CT molecular complexity index is 280. The second-order valence-electron chi connectivity index (χ2n) is 6.41. The Morgan fingerprint density at radius 2 is 2.00 bits per heavy atom. The number of rotatable bonds is 7. The van der Waals surface area contributed by atoms with E-state index in [0.29, 0.717) is 11.9 Å². The lowest BCUT2D eigenvalue weighted by Crippen LogP contribution is -2.45. The monoisotopic (exact) mass is 283 g/mol. The Hall–Kier alpha value is -0.810. The van der Waals surface area contributed by atoms with Gasteiger partial charge in [0.25, 0.3) is 0 Å². The summed E-state index contributed by atoms with van der Waals surface area (Å²) in [5, 5.41) is 3.21. The Labute approximate surface area is 124 Å². The molecule has 1 fully saturated rings. The SMILES string of the molecule is CC(C)CCN=C(N)NCCN1CCC(N(C)C)CC1. The van der Waals surface area contributed by atoms with Crippen molar-refractivity contribution in [2.24, 2.45) is 16.6 Å². The predicted molar refractivity (Wildman–Crippen MR) is 87.1 cm³/mol. The van der Waals surface area contributed by atoms with E-state index in [1.54, 1.807) is 0 Å². The number of hydrogen-bond donors (Lipinski definition) is 2. The van der Waals surface area contributed by atoms with Crippen LogP contribution in [0, 0.1) is 5.92 Å². The summed E-state index contributed by atoms with van der Waals surface area (Å²) < 4.78 is 0. The van der Waals surface area contributed by atoms with Crippen LogP contribution in [-0.2, 0) is 0 Å². The molecule has 0 spiro atoms. The summed E-state index contributed by atoms with van der Waals surface area (Å²) in [4.78, 5) is 9.19. The van der Waals surface area contributed by atoms with Gasteiger partial charge in [-0.25, -0.2) is 0 Å². The number of nitrogens with one attached hydrogen (secondary N) is 1. The van der Waals surface area contributed by atoms with Crippen molar-refractivity contribution >= 4 is 5.96 Å². The summed E-state index contributed by atoms with van der Waals surface area (Å²) in [5.74, 6) is 1.28. The molecule has 0 saturated carbocycles. The van der Waals surface area contributed by atoms with Gasteiger partial charge in [0.2, 0.25) is 0 Å². The van der Waals surface area contributed by atoms with Crippen molar-refractivity contribution in [1.82, 2.24) is 15.1 Å². The quantitative estimate of drug-likeness (QED) is 0.540. The van der Waals surface area contributed by atoms with E-state index in [4.69, 9.17) is 5.73 Å². The zero-order valence-electron chi connectivity index (χ0n) is 13.7. The third-order valence-corrected chi connectivity index (χ3v) is 4.01. The number of piperidine rings is 1. The van der Waals surface area contributed by atoms with Crippen LogP contribution < -0.4 is 11.1 Å². The van der Waals surface area contributed by atoms with Gasteiger partial charge in [0, 0.05) is 25.7 Å². The van der Waals surface area contributed by atoms with Gasteiger partial charge in [-0.15, -0.1) is 0 Å². The summed E-state index contributed by atoms with van der Waals surface area (Å²) in [7, 11) is 4.35. The van der Waals surface area contributed by atoms with Crippen molar-refractivity contribution in [2.75, 3.05) is 46.8 Å². The van der Waals surface area contributed by atoms with Gasteiger partial charge in [0.1, 0.15) is 0 Å². The molecule has 0 atom stereocenters. The van der Waals surface area contributed by atoms with E-state index in [2.05, 4.69) is 48.1 Å². The molecule has 1 saturated heterocycles. The highest BCUT2D eigenvalue weighted by molar-refractivity contribution is 5.77. The fourth-order valence-corrected chi connectivity index (χ4v) is 2.50. The third-order valence-electron chi connectivity index (χ3n) is 4.01. The molecule has 20 heavy (non-hydrogen) atoms. The van der Waals surface area contributed by atoms with Crippen LogP contribution in [0.4, 0.5) is 0 Å². The minimum absolute atomic E-state index is 0.592. The summed E-state index contributed by atoms with van der Waals surface area (Å²) in [5.41, 5.74) is 5.85. The fourth-order valence-electron chi connectivity index (χ4n) is 2.50. The van der Waals surface area contributed by atoms with Gasteiger partial charge < -0.3 is 20.9 Å². The molecule has 0 aromatic heterocycles. The highest BCUT2D eigenvalue weighted by Crippen LogP contribution is 2.13. The summed E-state index contributed by atoms with van der Waals surface area (Å²) in [6, 6.07) is 0.752. The average molecular weight is 283 g/mol. The fraction of sp³-hybridized carbons (Fsp3) is 0.933. The van der Waals surface area contributed by atoms with Crippen LogP contribution >= 0.6 is 0 Å². The third kappa shape index (κ3) is 7.10. The Balaban J connectivity index is 2.09. The highest BCUT2D eigenvalue weighted by atomic mass is 15.2. The molecule has 5 nitrogen and oxygen atoms in total. The Morgan fingerprint density at radius 3 is 2.55 bits per heavy atom. The second-order valence-corrected chi connectivity index (χ2v) is 6.41. The topological polar surface area (TPSA) is 56.9 Å². The number of likely N-dealkylation sites (tertiary alicyclic amines) is 1. The van der Waals surface area contributed by atoms with Crippen LogP contribution in [0.25, 0.3) is 0 Å². The van der Waals surface area contributed by atoms with Gasteiger partial charge in [-0.3, -0.25) is 4.99 Å². The second kappa shape index (κ2) is 9.19. The molecule has 3 N–H and O–H groups in total. The number of aliphatic imine (C=N–C) groups is 1. The number of hydrogen-bond acceptors (Lipinski definition) is 3. The highest BCUT2D eigenvalue weighted by Gasteiger charge is 2.19. The van der Waals surface area contributed by atoms with Crippen LogP contribution in [0.1, 0.15) is 33.1 Å². The standard InChI is InChI=1S/C15H33N5/c1-13(2)5-8-17-15(16)18-9-12-20-10-6-14(7-11-20)19(3)4/h13-14H,5-12H2,1-4H3,(H3,16,17,18). The van der Waals surface area contributed by atoms with E-state index < -0.39 is 0 Å². The average Bonchev–Trinajstić information content (AvgIpc) is 2.39. The van der Waals surface area contributed by atoms with Gasteiger partial charge in [0.15, 0.2) is 5.96 Å². The molecule has 1 rings (SSSR count). The molecule has 118 valence electrons. The van der Waals surface area contributed by atoms with Gasteiger partial charge in [0.05, 0.1) is 0 Å². The molecular weight excluding hydrogens is 250 g/mol. The molecule has 0 radical (unpaired) electrons. The molecule has 0 aliphatic carbocycles. The van der Waals surface area contributed by atoms with E-state index in [0.717, 1.165) is 32.1 Å². The van der Waals surface area contributed by atoms with Gasteiger partial charge in [-0.2, -0.15) is 0 Å². The largest absolute Gasteiger partial charge is 0.370 e. The Kier molecular flexibility index (Phi) is 7.92. The first-order valence-corrected chi connectivity index (χ1v) is 7.91. The van der Waals surface area contributed by atoms with Crippen LogP contribution in [0.15, 0.2) is 4.99 Å². The lowest BCUT2D eigenvalue weighted by atomic mass is 10.0. The molecule has 0 aromatic rings. The van der Waals surface area contributed by atoms with Crippen LogP contribution in [0.5, 0.6) is 0 Å². The summed E-state index contributed by atoms with van der Waals surface area (Å²) >= 11 is 0. The predicted octanol–water partition coefficient (Wildman–Crippen LogP) is 0.963. The van der Waals surface area contributed by atoms with E-state index in [1.807, 2.05) is 0 Å². The maximum Gasteiger partial charge on any atom is 0.188 e. The molecule has 1 heterocycles. The van der Waals surface area contributed by atoms with Crippen molar-refractivity contribution < 1.29 is 0 Å². The Morgan fingerprint density at radius 1 is 1.35 bits per heavy atom. The zero-order chi connectivity index (χ0) is 15.0. The van der Waals surface area contributed by atoms with E-state index in [-0.39, 0.29) is 0 Å².